The van der Waals surface area contributed by atoms with Gasteiger partial charge in [-0.3, -0.25) is 4.79 Å². The number of carbonyl (C=O) groups is 1. The van der Waals surface area contributed by atoms with Crippen LogP contribution in [0.2, 0.25) is 0 Å². The summed E-state index contributed by atoms with van der Waals surface area (Å²) in [6, 6.07) is 13.4. The van der Waals surface area contributed by atoms with Crippen molar-refractivity contribution in [1.82, 2.24) is 0 Å². The Balaban J connectivity index is 1.17. The average Bonchev–Trinajstić information content (AvgIpc) is 3.17. The fourth-order valence-electron chi connectivity index (χ4n) is 4.62. The maximum Gasteiger partial charge on any atom is 0.251 e. The second-order valence-corrected chi connectivity index (χ2v) is 8.84. The molecule has 2 aliphatic heterocycles. The van der Waals surface area contributed by atoms with E-state index in [1.165, 1.54) is 6.42 Å². The van der Waals surface area contributed by atoms with Crippen LogP contribution < -0.4 is 25.0 Å². The summed E-state index contributed by atoms with van der Waals surface area (Å²) in [5.41, 5.74) is 2.77. The normalized spacial score (nSPS) is 20.1. The number of nitrogens with one attached hydrogen (secondary N) is 2. The molecule has 1 atom stereocenters. The molecule has 3 aliphatic rings. The van der Waals surface area contributed by atoms with E-state index in [0.29, 0.717) is 0 Å². The highest BCUT2D eigenvalue weighted by molar-refractivity contribution is 5.96. The third kappa shape index (κ3) is 4.48. The minimum absolute atomic E-state index is 0.0921. The summed E-state index contributed by atoms with van der Waals surface area (Å²) < 4.78 is 17.7. The molecule has 1 amide bonds. The zero-order valence-corrected chi connectivity index (χ0v) is 18.6. The number of anilines is 3. The van der Waals surface area contributed by atoms with Crippen LogP contribution in [-0.4, -0.2) is 44.0 Å². The van der Waals surface area contributed by atoms with E-state index in [2.05, 4.69) is 15.5 Å². The Bertz CT molecular complexity index is 950. The quantitative estimate of drug-likeness (QED) is 0.723. The lowest BCUT2D eigenvalue weighted by Gasteiger charge is -2.31. The number of ether oxygens (including phenoxy) is 3. The van der Waals surface area contributed by atoms with Crippen LogP contribution in [0.25, 0.3) is 0 Å². The van der Waals surface area contributed by atoms with Crippen LogP contribution in [0.3, 0.4) is 0 Å². The molecule has 2 heterocycles. The van der Waals surface area contributed by atoms with Crippen molar-refractivity contribution >= 4 is 23.0 Å². The second-order valence-electron chi connectivity index (χ2n) is 8.84. The van der Waals surface area contributed by atoms with Gasteiger partial charge in [0.15, 0.2) is 11.5 Å². The minimum atomic E-state index is -0.490. The number of benzene rings is 2. The molecule has 2 N–H and O–H groups in total. The van der Waals surface area contributed by atoms with Crippen LogP contribution >= 0.6 is 0 Å². The Morgan fingerprint density at radius 1 is 0.938 bits per heavy atom. The van der Waals surface area contributed by atoms with Gasteiger partial charge in [0, 0.05) is 49.1 Å². The number of rotatable bonds is 5. The van der Waals surface area contributed by atoms with Crippen LogP contribution in [0.15, 0.2) is 42.5 Å². The van der Waals surface area contributed by atoms with Crippen molar-refractivity contribution in [2.75, 3.05) is 41.8 Å². The fourth-order valence-corrected chi connectivity index (χ4v) is 4.62. The van der Waals surface area contributed by atoms with Gasteiger partial charge in [0.2, 0.25) is 5.91 Å². The van der Waals surface area contributed by atoms with Crippen molar-refractivity contribution in [3.63, 3.8) is 0 Å². The van der Waals surface area contributed by atoms with Crippen molar-refractivity contribution in [2.45, 2.75) is 50.9 Å². The van der Waals surface area contributed by atoms with Crippen LogP contribution in [0.1, 0.15) is 39.0 Å². The summed E-state index contributed by atoms with van der Waals surface area (Å²) >= 11 is 0. The van der Waals surface area contributed by atoms with E-state index in [-0.39, 0.29) is 5.91 Å². The topological polar surface area (TPSA) is 72.1 Å². The molecule has 32 heavy (non-hydrogen) atoms. The van der Waals surface area contributed by atoms with E-state index in [1.807, 2.05) is 49.4 Å². The Hall–Kier alpha value is -2.93. The van der Waals surface area contributed by atoms with Crippen LogP contribution in [0, 0.1) is 0 Å². The van der Waals surface area contributed by atoms with Gasteiger partial charge in [-0.25, -0.2) is 0 Å². The van der Waals surface area contributed by atoms with Crippen molar-refractivity contribution in [3.05, 3.63) is 42.5 Å². The van der Waals surface area contributed by atoms with E-state index >= 15 is 0 Å². The smallest absolute Gasteiger partial charge is 0.251 e. The molecule has 0 radical (unpaired) electrons. The lowest BCUT2D eigenvalue weighted by Crippen LogP contribution is -2.40. The largest absolute Gasteiger partial charge is 0.448 e. The van der Waals surface area contributed by atoms with Crippen LogP contribution in [0.4, 0.5) is 17.1 Å². The predicted octanol–water partition coefficient (Wildman–Crippen LogP) is 4.39. The first-order valence-electron chi connectivity index (χ1n) is 11.6. The van der Waals surface area contributed by atoms with E-state index in [0.717, 1.165) is 80.5 Å². The van der Waals surface area contributed by atoms with Gasteiger partial charge >= 0.3 is 0 Å². The van der Waals surface area contributed by atoms with Crippen molar-refractivity contribution < 1.29 is 19.0 Å². The van der Waals surface area contributed by atoms with Gasteiger partial charge in [-0.1, -0.05) is 6.42 Å². The van der Waals surface area contributed by atoms with Gasteiger partial charge in [0.1, 0.15) is 6.04 Å². The zero-order chi connectivity index (χ0) is 22.0. The highest BCUT2D eigenvalue weighted by Gasteiger charge is 2.42. The van der Waals surface area contributed by atoms with Crippen LogP contribution in [-0.2, 0) is 9.53 Å². The summed E-state index contributed by atoms with van der Waals surface area (Å²) in [5, 5.41) is 6.27. The van der Waals surface area contributed by atoms with Crippen molar-refractivity contribution in [1.29, 1.82) is 0 Å². The highest BCUT2D eigenvalue weighted by atomic mass is 16.7. The summed E-state index contributed by atoms with van der Waals surface area (Å²) in [5.74, 6) is 0.957. The number of amides is 1. The maximum absolute atomic E-state index is 12.7. The molecule has 0 aromatic heterocycles. The first-order chi connectivity index (χ1) is 15.6. The minimum Gasteiger partial charge on any atom is -0.448 e. The fraction of sp³-hybridized carbons (Fsp3) is 0.480. The Morgan fingerprint density at radius 2 is 1.62 bits per heavy atom. The number of morpholine rings is 1. The third-order valence-electron chi connectivity index (χ3n) is 6.44. The van der Waals surface area contributed by atoms with Gasteiger partial charge in [0.05, 0.1) is 13.2 Å². The number of hydrogen-bond acceptors (Lipinski definition) is 6. The molecule has 7 heteroatoms. The molecule has 0 unspecified atom stereocenters. The molecular weight excluding hydrogens is 406 g/mol. The van der Waals surface area contributed by atoms with Crippen molar-refractivity contribution in [2.24, 2.45) is 0 Å². The van der Waals surface area contributed by atoms with E-state index in [1.54, 1.807) is 0 Å². The highest BCUT2D eigenvalue weighted by Crippen LogP contribution is 2.46. The van der Waals surface area contributed by atoms with Gasteiger partial charge in [-0.15, -0.1) is 0 Å². The number of nitrogens with zero attached hydrogens (tertiary/aromatic N) is 1. The maximum atomic E-state index is 12.7. The zero-order valence-electron chi connectivity index (χ0n) is 18.6. The van der Waals surface area contributed by atoms with E-state index in [9.17, 15) is 4.79 Å². The molecule has 1 saturated carbocycles. The van der Waals surface area contributed by atoms with Gasteiger partial charge in [-0.2, -0.15) is 0 Å². The molecule has 5 rings (SSSR count). The number of hydrogen-bond donors (Lipinski definition) is 2. The summed E-state index contributed by atoms with van der Waals surface area (Å²) in [4.78, 5) is 15.0. The van der Waals surface area contributed by atoms with Gasteiger partial charge in [-0.05, 0) is 56.2 Å². The molecule has 2 aromatic rings. The molecule has 1 aliphatic carbocycles. The molecular formula is C25H31N3O4. The van der Waals surface area contributed by atoms with E-state index < -0.39 is 11.8 Å². The summed E-state index contributed by atoms with van der Waals surface area (Å²) in [7, 11) is 0. The standard InChI is InChI=1S/C25H31N3O4/c1-18(24(29)27-19-5-8-21(9-6-19)28-13-15-30-16-14-28)26-20-7-10-22-23(17-20)32-25(31-22)11-3-2-4-12-25/h5-10,17-18,26H,2-4,11-16H2,1H3,(H,27,29)/t18-/m0/s1. The van der Waals surface area contributed by atoms with Crippen LogP contribution in [0.5, 0.6) is 11.5 Å². The Kier molecular flexibility index (Phi) is 5.83. The van der Waals surface area contributed by atoms with Crippen molar-refractivity contribution in [3.8, 4) is 11.5 Å². The Morgan fingerprint density at radius 3 is 2.38 bits per heavy atom. The van der Waals surface area contributed by atoms with Gasteiger partial charge in [0.25, 0.3) is 5.79 Å². The summed E-state index contributed by atoms with van der Waals surface area (Å²) in [6.07, 6.45) is 5.34. The SMILES string of the molecule is C[C@H](Nc1ccc2c(c1)OC1(CCCCC1)O2)C(=O)Nc1ccc(N2CCOCC2)cc1. The first kappa shape index (κ1) is 20.9. The number of fused-ring (bicyclic) bond motifs is 1. The predicted molar refractivity (Wildman–Crippen MR) is 125 cm³/mol. The monoisotopic (exact) mass is 437 g/mol. The second kappa shape index (κ2) is 8.90. The molecule has 2 aromatic carbocycles. The number of carbonyl (C=O) groups excluding carboxylic acids is 1. The summed E-state index contributed by atoms with van der Waals surface area (Å²) in [6.45, 7) is 5.14. The molecule has 170 valence electrons. The molecule has 7 nitrogen and oxygen atoms in total. The molecule has 1 spiro atoms. The van der Waals surface area contributed by atoms with E-state index in [4.69, 9.17) is 14.2 Å². The average molecular weight is 438 g/mol. The lowest BCUT2D eigenvalue weighted by atomic mass is 9.94. The van der Waals surface area contributed by atoms with Gasteiger partial charge < -0.3 is 29.7 Å². The molecule has 2 fully saturated rings. The Labute approximate surface area is 189 Å². The lowest BCUT2D eigenvalue weighted by molar-refractivity contribution is -0.116. The molecule has 0 bridgehead atoms. The first-order valence-corrected chi connectivity index (χ1v) is 11.6. The molecule has 1 saturated heterocycles. The third-order valence-corrected chi connectivity index (χ3v) is 6.44.